The van der Waals surface area contributed by atoms with Crippen LogP contribution in [0, 0.1) is 13.8 Å². The summed E-state index contributed by atoms with van der Waals surface area (Å²) in [5.74, 6) is 0. The van der Waals surface area contributed by atoms with Crippen LogP contribution in [0.25, 0.3) is 0 Å². The van der Waals surface area contributed by atoms with Crippen molar-refractivity contribution in [3.8, 4) is 0 Å². The third kappa shape index (κ3) is 1.63. The van der Waals surface area contributed by atoms with E-state index in [9.17, 15) is 0 Å². The van der Waals surface area contributed by atoms with Gasteiger partial charge in [-0.05, 0) is 19.4 Å². The average molecular weight is 164 g/mol. The predicted octanol–water partition coefficient (Wildman–Crippen LogP) is 2.39. The quantitative estimate of drug-likeness (QED) is 0.588. The monoisotopic (exact) mass is 164 g/mol. The van der Waals surface area contributed by atoms with E-state index in [4.69, 9.17) is 0 Å². The highest BCUT2D eigenvalue weighted by molar-refractivity contribution is 5.26. The first-order valence-corrected chi connectivity index (χ1v) is 4.21. The zero-order valence-corrected chi connectivity index (χ0v) is 8.47. The van der Waals surface area contributed by atoms with E-state index in [-0.39, 0.29) is 5.41 Å². The van der Waals surface area contributed by atoms with Gasteiger partial charge in [0.25, 0.3) is 0 Å². The standard InChI is InChI=1S/C10H16N2/c1-7-8(2)11-6-12-9(7)10(3,4)5/h6H,1-5H3. The molecule has 0 atom stereocenters. The van der Waals surface area contributed by atoms with Gasteiger partial charge in [-0.1, -0.05) is 20.8 Å². The van der Waals surface area contributed by atoms with Crippen LogP contribution in [0.5, 0.6) is 0 Å². The Morgan fingerprint density at radius 1 is 1.08 bits per heavy atom. The van der Waals surface area contributed by atoms with Crippen molar-refractivity contribution in [1.29, 1.82) is 0 Å². The first-order valence-electron chi connectivity index (χ1n) is 4.21. The summed E-state index contributed by atoms with van der Waals surface area (Å²) in [6, 6.07) is 0. The lowest BCUT2D eigenvalue weighted by atomic mass is 9.88. The van der Waals surface area contributed by atoms with Gasteiger partial charge in [0, 0.05) is 11.1 Å². The minimum atomic E-state index is 0.123. The Hall–Kier alpha value is -0.920. The minimum Gasteiger partial charge on any atom is -0.241 e. The second-order valence-corrected chi connectivity index (χ2v) is 4.18. The molecule has 0 fully saturated rings. The molecule has 0 N–H and O–H groups in total. The molecule has 66 valence electrons. The summed E-state index contributed by atoms with van der Waals surface area (Å²) in [5, 5.41) is 0. The molecule has 1 heterocycles. The molecule has 1 aromatic heterocycles. The van der Waals surface area contributed by atoms with Crippen LogP contribution in [0.3, 0.4) is 0 Å². The van der Waals surface area contributed by atoms with E-state index < -0.39 is 0 Å². The summed E-state index contributed by atoms with van der Waals surface area (Å²) < 4.78 is 0. The maximum Gasteiger partial charge on any atom is 0.115 e. The van der Waals surface area contributed by atoms with Crippen molar-refractivity contribution in [3.05, 3.63) is 23.3 Å². The molecule has 2 nitrogen and oxygen atoms in total. The number of nitrogens with zero attached hydrogens (tertiary/aromatic N) is 2. The molecule has 0 aliphatic carbocycles. The summed E-state index contributed by atoms with van der Waals surface area (Å²) in [5.41, 5.74) is 3.56. The molecule has 0 amide bonds. The van der Waals surface area contributed by atoms with Crippen molar-refractivity contribution in [3.63, 3.8) is 0 Å². The van der Waals surface area contributed by atoms with E-state index >= 15 is 0 Å². The fraction of sp³-hybridized carbons (Fsp3) is 0.600. The molecule has 0 saturated heterocycles. The van der Waals surface area contributed by atoms with Crippen LogP contribution >= 0.6 is 0 Å². The molecule has 12 heavy (non-hydrogen) atoms. The number of aryl methyl sites for hydroxylation is 1. The molecule has 2 heteroatoms. The fourth-order valence-corrected chi connectivity index (χ4v) is 1.29. The van der Waals surface area contributed by atoms with E-state index in [2.05, 4.69) is 37.7 Å². The Morgan fingerprint density at radius 3 is 2.08 bits per heavy atom. The van der Waals surface area contributed by atoms with Gasteiger partial charge in [0.15, 0.2) is 0 Å². The molecule has 0 unspecified atom stereocenters. The summed E-state index contributed by atoms with van der Waals surface area (Å²) in [6.45, 7) is 10.6. The first kappa shape index (κ1) is 9.17. The second-order valence-electron chi connectivity index (χ2n) is 4.18. The van der Waals surface area contributed by atoms with Crippen LogP contribution in [0.2, 0.25) is 0 Å². The maximum absolute atomic E-state index is 4.30. The average Bonchev–Trinajstić information content (AvgIpc) is 1.92. The lowest BCUT2D eigenvalue weighted by Crippen LogP contribution is -2.16. The Morgan fingerprint density at radius 2 is 1.67 bits per heavy atom. The molecular formula is C10H16N2. The van der Waals surface area contributed by atoms with E-state index in [0.29, 0.717) is 0 Å². The molecule has 1 rings (SSSR count). The van der Waals surface area contributed by atoms with Crippen molar-refractivity contribution in [2.75, 3.05) is 0 Å². The Bertz CT molecular complexity index is 284. The molecule has 0 saturated carbocycles. The van der Waals surface area contributed by atoms with Crippen molar-refractivity contribution < 1.29 is 0 Å². The van der Waals surface area contributed by atoms with Gasteiger partial charge in [0.1, 0.15) is 6.33 Å². The number of aromatic nitrogens is 2. The lowest BCUT2D eigenvalue weighted by Gasteiger charge is -2.20. The predicted molar refractivity (Wildman–Crippen MR) is 50.2 cm³/mol. The summed E-state index contributed by atoms with van der Waals surface area (Å²) in [4.78, 5) is 8.44. The van der Waals surface area contributed by atoms with Gasteiger partial charge in [0.2, 0.25) is 0 Å². The van der Waals surface area contributed by atoms with Gasteiger partial charge in [0.05, 0.1) is 5.69 Å². The van der Waals surface area contributed by atoms with Gasteiger partial charge in [-0.15, -0.1) is 0 Å². The Kier molecular flexibility index (Phi) is 2.18. The summed E-state index contributed by atoms with van der Waals surface area (Å²) in [7, 11) is 0. The van der Waals surface area contributed by atoms with Crippen LogP contribution in [0.15, 0.2) is 6.33 Å². The normalized spacial score (nSPS) is 11.8. The zero-order valence-electron chi connectivity index (χ0n) is 8.47. The highest BCUT2D eigenvalue weighted by Gasteiger charge is 2.18. The molecular weight excluding hydrogens is 148 g/mol. The van der Waals surface area contributed by atoms with Crippen LogP contribution in [-0.2, 0) is 5.41 Å². The minimum absolute atomic E-state index is 0.123. The van der Waals surface area contributed by atoms with Crippen LogP contribution in [-0.4, -0.2) is 9.97 Å². The number of hydrogen-bond donors (Lipinski definition) is 0. The SMILES string of the molecule is Cc1ncnc(C(C)(C)C)c1C. The largest absolute Gasteiger partial charge is 0.241 e. The van der Waals surface area contributed by atoms with Crippen LogP contribution < -0.4 is 0 Å². The summed E-state index contributed by atoms with van der Waals surface area (Å²) in [6.07, 6.45) is 1.64. The third-order valence-corrected chi connectivity index (χ3v) is 2.05. The smallest absolute Gasteiger partial charge is 0.115 e. The molecule has 0 spiro atoms. The zero-order chi connectivity index (χ0) is 9.35. The lowest BCUT2D eigenvalue weighted by molar-refractivity contribution is 0.560. The Labute approximate surface area is 74.1 Å². The second kappa shape index (κ2) is 2.85. The van der Waals surface area contributed by atoms with Gasteiger partial charge >= 0.3 is 0 Å². The number of rotatable bonds is 0. The molecule has 0 aliphatic heterocycles. The third-order valence-electron chi connectivity index (χ3n) is 2.05. The molecule has 0 radical (unpaired) electrons. The Balaban J connectivity index is 3.26. The fourth-order valence-electron chi connectivity index (χ4n) is 1.29. The van der Waals surface area contributed by atoms with E-state index in [1.54, 1.807) is 6.33 Å². The molecule has 0 aliphatic rings. The van der Waals surface area contributed by atoms with Gasteiger partial charge in [-0.2, -0.15) is 0 Å². The highest BCUT2D eigenvalue weighted by Crippen LogP contribution is 2.23. The van der Waals surface area contributed by atoms with Gasteiger partial charge < -0.3 is 0 Å². The molecule has 0 aromatic carbocycles. The maximum atomic E-state index is 4.30. The molecule has 0 bridgehead atoms. The van der Waals surface area contributed by atoms with Crippen molar-refractivity contribution in [1.82, 2.24) is 9.97 Å². The summed E-state index contributed by atoms with van der Waals surface area (Å²) >= 11 is 0. The van der Waals surface area contributed by atoms with Crippen molar-refractivity contribution in [2.24, 2.45) is 0 Å². The van der Waals surface area contributed by atoms with E-state index in [1.165, 1.54) is 5.56 Å². The highest BCUT2D eigenvalue weighted by atomic mass is 14.8. The number of hydrogen-bond acceptors (Lipinski definition) is 2. The van der Waals surface area contributed by atoms with E-state index in [1.807, 2.05) is 6.92 Å². The van der Waals surface area contributed by atoms with Crippen molar-refractivity contribution >= 4 is 0 Å². The van der Waals surface area contributed by atoms with Gasteiger partial charge in [-0.25, -0.2) is 9.97 Å². The van der Waals surface area contributed by atoms with Crippen molar-refractivity contribution in [2.45, 2.75) is 40.0 Å². The van der Waals surface area contributed by atoms with Gasteiger partial charge in [-0.3, -0.25) is 0 Å². The van der Waals surface area contributed by atoms with E-state index in [0.717, 1.165) is 11.4 Å². The van der Waals surface area contributed by atoms with Crippen LogP contribution in [0.4, 0.5) is 0 Å². The first-order chi connectivity index (χ1) is 5.43. The topological polar surface area (TPSA) is 25.8 Å². The molecule has 1 aromatic rings. The van der Waals surface area contributed by atoms with Crippen LogP contribution in [0.1, 0.15) is 37.7 Å².